The number of hydrogen-bond acceptors (Lipinski definition) is 4. The third-order valence-electron chi connectivity index (χ3n) is 4.35. The summed E-state index contributed by atoms with van der Waals surface area (Å²) in [7, 11) is 2.02. The van der Waals surface area contributed by atoms with Crippen molar-refractivity contribution in [1.29, 1.82) is 0 Å². The number of para-hydroxylation sites is 1. The molecule has 2 aromatic carbocycles. The number of carbonyl (C=O) groups is 1. The van der Waals surface area contributed by atoms with Crippen molar-refractivity contribution in [2.75, 3.05) is 48.8 Å². The topological polar surface area (TPSA) is 52.8 Å². The van der Waals surface area contributed by atoms with Gasteiger partial charge in [0.05, 0.1) is 11.4 Å². The first-order valence-electron chi connectivity index (χ1n) is 7.81. The molecule has 0 bridgehead atoms. The summed E-state index contributed by atoms with van der Waals surface area (Å²) in [6, 6.07) is 16.3. The van der Waals surface area contributed by atoms with E-state index in [9.17, 15) is 4.79 Å². The molecular weight excluding hydrogens is 288 g/mol. The van der Waals surface area contributed by atoms with Gasteiger partial charge in [-0.25, -0.2) is 0 Å². The van der Waals surface area contributed by atoms with Crippen molar-refractivity contribution in [3.8, 4) is 0 Å². The van der Waals surface area contributed by atoms with Gasteiger partial charge in [-0.1, -0.05) is 18.2 Å². The lowest BCUT2D eigenvalue weighted by Gasteiger charge is -2.35. The van der Waals surface area contributed by atoms with Crippen LogP contribution in [0.1, 0.15) is 0 Å². The van der Waals surface area contributed by atoms with Gasteiger partial charge in [-0.2, -0.15) is 0 Å². The second-order valence-corrected chi connectivity index (χ2v) is 5.77. The van der Waals surface area contributed by atoms with Crippen molar-refractivity contribution in [2.45, 2.75) is 0 Å². The van der Waals surface area contributed by atoms with Crippen molar-refractivity contribution in [3.63, 3.8) is 0 Å². The van der Waals surface area contributed by atoms with Gasteiger partial charge in [0.15, 0.2) is 0 Å². The number of anilines is 4. The highest BCUT2D eigenvalue weighted by atomic mass is 16.1. The number of rotatable bonds is 4. The SMILES string of the molecule is CN(c1ccccc1)c1cc(N2CCN(C=O)CC2)ccc1N. The Morgan fingerprint density at radius 1 is 1.04 bits per heavy atom. The van der Waals surface area contributed by atoms with E-state index < -0.39 is 0 Å². The fourth-order valence-electron chi connectivity index (χ4n) is 2.90. The standard InChI is InChI=1S/C18H22N4O/c1-20(15-5-3-2-4-6-15)18-13-16(7-8-17(18)19)22-11-9-21(14-23)10-12-22/h2-8,13-14H,9-12,19H2,1H3. The normalized spacial score (nSPS) is 14.7. The Bertz CT molecular complexity index is 666. The highest BCUT2D eigenvalue weighted by molar-refractivity contribution is 5.78. The molecule has 1 aliphatic rings. The van der Waals surface area contributed by atoms with Gasteiger partial charge in [0.2, 0.25) is 6.41 Å². The Labute approximate surface area is 136 Å². The summed E-state index contributed by atoms with van der Waals surface area (Å²) in [6.07, 6.45) is 0.926. The molecule has 0 spiro atoms. The van der Waals surface area contributed by atoms with Gasteiger partial charge in [0.1, 0.15) is 0 Å². The predicted molar refractivity (Wildman–Crippen MR) is 95.2 cm³/mol. The lowest BCUT2D eigenvalue weighted by Crippen LogP contribution is -2.45. The van der Waals surface area contributed by atoms with Gasteiger partial charge in [0, 0.05) is 44.6 Å². The molecule has 1 fully saturated rings. The summed E-state index contributed by atoms with van der Waals surface area (Å²) < 4.78 is 0. The van der Waals surface area contributed by atoms with Crippen molar-refractivity contribution in [3.05, 3.63) is 48.5 Å². The molecule has 3 rings (SSSR count). The minimum absolute atomic E-state index is 0.756. The van der Waals surface area contributed by atoms with Gasteiger partial charge in [0.25, 0.3) is 0 Å². The number of carbonyl (C=O) groups excluding carboxylic acids is 1. The second-order valence-electron chi connectivity index (χ2n) is 5.77. The Hall–Kier alpha value is -2.69. The monoisotopic (exact) mass is 310 g/mol. The van der Waals surface area contributed by atoms with Crippen molar-refractivity contribution in [1.82, 2.24) is 4.90 Å². The molecule has 0 atom stereocenters. The summed E-state index contributed by atoms with van der Waals surface area (Å²) in [5, 5.41) is 0. The van der Waals surface area contributed by atoms with Crippen LogP contribution < -0.4 is 15.5 Å². The number of nitrogens with two attached hydrogens (primary N) is 1. The smallest absolute Gasteiger partial charge is 0.209 e. The Kier molecular flexibility index (Phi) is 4.37. The van der Waals surface area contributed by atoms with Crippen LogP contribution in [0.4, 0.5) is 22.7 Å². The van der Waals surface area contributed by atoms with E-state index in [1.165, 1.54) is 0 Å². The van der Waals surface area contributed by atoms with E-state index in [0.29, 0.717) is 0 Å². The average Bonchev–Trinajstić information content (AvgIpc) is 2.62. The number of benzene rings is 2. The van der Waals surface area contributed by atoms with Crippen LogP contribution in [0.5, 0.6) is 0 Å². The third-order valence-corrected chi connectivity index (χ3v) is 4.35. The fraction of sp³-hybridized carbons (Fsp3) is 0.278. The molecule has 0 unspecified atom stereocenters. The zero-order chi connectivity index (χ0) is 16.2. The molecule has 2 N–H and O–H groups in total. The summed E-state index contributed by atoms with van der Waals surface area (Å²) in [5.74, 6) is 0. The summed E-state index contributed by atoms with van der Waals surface area (Å²) >= 11 is 0. The first-order chi connectivity index (χ1) is 11.2. The summed E-state index contributed by atoms with van der Waals surface area (Å²) in [6.45, 7) is 3.21. The Morgan fingerprint density at radius 2 is 1.74 bits per heavy atom. The highest BCUT2D eigenvalue weighted by Crippen LogP contribution is 2.32. The molecule has 1 aliphatic heterocycles. The van der Waals surface area contributed by atoms with E-state index in [2.05, 4.69) is 28.0 Å². The Balaban J connectivity index is 1.84. The van der Waals surface area contributed by atoms with Gasteiger partial charge in [-0.15, -0.1) is 0 Å². The van der Waals surface area contributed by atoms with E-state index in [0.717, 1.165) is 55.3 Å². The Morgan fingerprint density at radius 3 is 2.39 bits per heavy atom. The molecule has 1 amide bonds. The van der Waals surface area contributed by atoms with Crippen molar-refractivity contribution < 1.29 is 4.79 Å². The van der Waals surface area contributed by atoms with E-state index in [4.69, 9.17) is 5.73 Å². The van der Waals surface area contributed by atoms with E-state index >= 15 is 0 Å². The molecule has 0 aromatic heterocycles. The van der Waals surface area contributed by atoms with Gasteiger partial charge in [-0.05, 0) is 30.3 Å². The molecule has 0 saturated carbocycles. The fourth-order valence-corrected chi connectivity index (χ4v) is 2.90. The molecule has 0 radical (unpaired) electrons. The summed E-state index contributed by atoms with van der Waals surface area (Å²) in [4.78, 5) is 17.0. The van der Waals surface area contributed by atoms with Crippen LogP contribution in [0.3, 0.4) is 0 Å². The maximum atomic E-state index is 10.8. The molecular formula is C18H22N4O. The van der Waals surface area contributed by atoms with E-state index in [-0.39, 0.29) is 0 Å². The van der Waals surface area contributed by atoms with Crippen LogP contribution >= 0.6 is 0 Å². The maximum absolute atomic E-state index is 10.8. The quantitative estimate of drug-likeness (QED) is 0.695. The summed E-state index contributed by atoms with van der Waals surface area (Å²) in [5.41, 5.74) is 10.2. The number of nitrogens with zero attached hydrogens (tertiary/aromatic N) is 3. The molecule has 1 heterocycles. The molecule has 0 aliphatic carbocycles. The average molecular weight is 310 g/mol. The largest absolute Gasteiger partial charge is 0.397 e. The van der Waals surface area contributed by atoms with Crippen LogP contribution in [0.25, 0.3) is 0 Å². The predicted octanol–water partition coefficient (Wildman–Crippen LogP) is 2.32. The van der Waals surface area contributed by atoms with Gasteiger partial charge < -0.3 is 20.4 Å². The third kappa shape index (κ3) is 3.23. The number of hydrogen-bond donors (Lipinski definition) is 1. The maximum Gasteiger partial charge on any atom is 0.209 e. The van der Waals surface area contributed by atoms with Crippen molar-refractivity contribution >= 4 is 29.2 Å². The molecule has 5 nitrogen and oxygen atoms in total. The van der Waals surface area contributed by atoms with E-state index in [1.807, 2.05) is 42.3 Å². The van der Waals surface area contributed by atoms with Crippen LogP contribution in [0, 0.1) is 0 Å². The molecule has 23 heavy (non-hydrogen) atoms. The van der Waals surface area contributed by atoms with Crippen LogP contribution in [-0.4, -0.2) is 44.5 Å². The highest BCUT2D eigenvalue weighted by Gasteiger charge is 2.17. The van der Waals surface area contributed by atoms with E-state index in [1.54, 1.807) is 0 Å². The molecule has 1 saturated heterocycles. The number of amides is 1. The minimum Gasteiger partial charge on any atom is -0.397 e. The first-order valence-corrected chi connectivity index (χ1v) is 7.81. The van der Waals surface area contributed by atoms with Crippen LogP contribution in [0.15, 0.2) is 48.5 Å². The van der Waals surface area contributed by atoms with Crippen LogP contribution in [0.2, 0.25) is 0 Å². The minimum atomic E-state index is 0.756. The van der Waals surface area contributed by atoms with Crippen molar-refractivity contribution in [2.24, 2.45) is 0 Å². The molecule has 2 aromatic rings. The number of piperazine rings is 1. The zero-order valence-electron chi connectivity index (χ0n) is 13.4. The lowest BCUT2D eigenvalue weighted by molar-refractivity contribution is -0.118. The van der Waals surface area contributed by atoms with Gasteiger partial charge >= 0.3 is 0 Å². The van der Waals surface area contributed by atoms with Gasteiger partial charge in [-0.3, -0.25) is 4.79 Å². The van der Waals surface area contributed by atoms with Crippen LogP contribution in [-0.2, 0) is 4.79 Å². The lowest BCUT2D eigenvalue weighted by atomic mass is 10.1. The first kappa shape index (κ1) is 15.2. The zero-order valence-corrected chi connectivity index (χ0v) is 13.4. The number of nitrogen functional groups attached to an aromatic ring is 1. The molecule has 120 valence electrons. The second kappa shape index (κ2) is 6.60. The molecule has 5 heteroatoms.